The highest BCUT2D eigenvalue weighted by Crippen LogP contribution is 2.28. The largest absolute Gasteiger partial charge is 0.325 e. The molecule has 0 spiro atoms. The third kappa shape index (κ3) is 5.89. The molecule has 7 heteroatoms. The monoisotopic (exact) mass is 440 g/mol. The van der Waals surface area contributed by atoms with Gasteiger partial charge in [0.05, 0.1) is 11.0 Å². The Morgan fingerprint density at radius 3 is 2.33 bits per heavy atom. The normalized spacial score (nSPS) is 12.0. The van der Waals surface area contributed by atoms with Crippen LogP contribution in [0, 0.1) is 20.8 Å². The van der Waals surface area contributed by atoms with Gasteiger partial charge in [0.1, 0.15) is 5.82 Å². The number of benzene rings is 2. The molecule has 0 fully saturated rings. The van der Waals surface area contributed by atoms with Crippen LogP contribution in [0.1, 0.15) is 35.9 Å². The van der Waals surface area contributed by atoms with Gasteiger partial charge in [-0.3, -0.25) is 4.79 Å². The van der Waals surface area contributed by atoms with Crippen molar-refractivity contribution in [1.29, 1.82) is 0 Å². The third-order valence-electron chi connectivity index (χ3n) is 4.71. The zero-order valence-electron chi connectivity index (χ0n) is 18.1. The van der Waals surface area contributed by atoms with E-state index in [0.29, 0.717) is 6.42 Å². The maximum absolute atomic E-state index is 12.8. The number of carbonyl (C=O) groups excluding carboxylic acids is 1. The molecule has 0 saturated carbocycles. The van der Waals surface area contributed by atoms with Gasteiger partial charge in [0, 0.05) is 17.6 Å². The molecule has 3 rings (SSSR count). The van der Waals surface area contributed by atoms with Crippen LogP contribution in [-0.2, 0) is 17.6 Å². The molecule has 0 bridgehead atoms. The fourth-order valence-electron chi connectivity index (χ4n) is 3.07. The van der Waals surface area contributed by atoms with E-state index in [4.69, 9.17) is 0 Å². The summed E-state index contributed by atoms with van der Waals surface area (Å²) >= 11 is 3.20. The summed E-state index contributed by atoms with van der Waals surface area (Å²) in [5.41, 5.74) is 4.36. The van der Waals surface area contributed by atoms with Crippen LogP contribution >= 0.6 is 23.5 Å². The molecular weight excluding hydrogens is 412 g/mol. The van der Waals surface area contributed by atoms with Crippen LogP contribution in [-0.4, -0.2) is 25.9 Å². The van der Waals surface area contributed by atoms with Crippen molar-refractivity contribution in [2.24, 2.45) is 7.05 Å². The van der Waals surface area contributed by atoms with Crippen LogP contribution in [0.15, 0.2) is 52.5 Å². The number of thioether (sulfide) groups is 2. The van der Waals surface area contributed by atoms with Crippen molar-refractivity contribution < 1.29 is 4.79 Å². The Morgan fingerprint density at radius 1 is 1.03 bits per heavy atom. The Labute approximate surface area is 187 Å². The van der Waals surface area contributed by atoms with Crippen molar-refractivity contribution in [3.05, 3.63) is 65.0 Å². The molecule has 0 radical (unpaired) electrons. The van der Waals surface area contributed by atoms with Gasteiger partial charge in [-0.15, -0.1) is 22.0 Å². The second-order valence-electron chi connectivity index (χ2n) is 7.44. The SMILES string of the molecule is CCC(Sc1nnc(CSc2ccc(C)cc2)n1C)C(=O)Nc1cc(C)cc(C)c1. The number of aromatic nitrogens is 3. The molecule has 0 saturated heterocycles. The third-order valence-corrected chi connectivity index (χ3v) is 7.12. The molecule has 1 aromatic heterocycles. The Bertz CT molecular complexity index is 994. The van der Waals surface area contributed by atoms with Crippen molar-refractivity contribution in [3.8, 4) is 0 Å². The van der Waals surface area contributed by atoms with Crippen LogP contribution in [0.25, 0.3) is 0 Å². The van der Waals surface area contributed by atoms with Crippen LogP contribution < -0.4 is 5.32 Å². The number of nitrogens with zero attached hydrogens (tertiary/aromatic N) is 3. The Morgan fingerprint density at radius 2 is 1.70 bits per heavy atom. The molecule has 1 N–H and O–H groups in total. The highest BCUT2D eigenvalue weighted by atomic mass is 32.2. The van der Waals surface area contributed by atoms with E-state index < -0.39 is 0 Å². The number of nitrogens with one attached hydrogen (secondary N) is 1. The first-order valence-corrected chi connectivity index (χ1v) is 11.9. The second-order valence-corrected chi connectivity index (χ2v) is 9.66. The van der Waals surface area contributed by atoms with Gasteiger partial charge in [-0.1, -0.05) is 42.4 Å². The lowest BCUT2D eigenvalue weighted by atomic mass is 10.1. The molecule has 1 heterocycles. The number of hydrogen-bond acceptors (Lipinski definition) is 5. The molecule has 3 aromatic rings. The van der Waals surface area contributed by atoms with Gasteiger partial charge in [-0.05, 0) is 62.6 Å². The first kappa shape index (κ1) is 22.4. The van der Waals surface area contributed by atoms with E-state index in [-0.39, 0.29) is 11.2 Å². The molecule has 1 amide bonds. The first-order valence-electron chi connectivity index (χ1n) is 9.99. The Hall–Kier alpha value is -2.25. The van der Waals surface area contributed by atoms with Crippen molar-refractivity contribution >= 4 is 35.1 Å². The van der Waals surface area contributed by atoms with Gasteiger partial charge >= 0.3 is 0 Å². The minimum absolute atomic E-state index is 0.00826. The Kier molecular flexibility index (Phi) is 7.61. The van der Waals surface area contributed by atoms with Crippen molar-refractivity contribution in [3.63, 3.8) is 0 Å². The molecule has 0 aliphatic heterocycles. The van der Waals surface area contributed by atoms with E-state index in [1.807, 2.05) is 44.5 Å². The average Bonchev–Trinajstić information content (AvgIpc) is 3.04. The lowest BCUT2D eigenvalue weighted by Crippen LogP contribution is -2.25. The van der Waals surface area contributed by atoms with E-state index in [1.165, 1.54) is 22.2 Å². The van der Waals surface area contributed by atoms with Crippen LogP contribution in [0.3, 0.4) is 0 Å². The maximum atomic E-state index is 12.8. The highest BCUT2D eigenvalue weighted by molar-refractivity contribution is 8.00. The highest BCUT2D eigenvalue weighted by Gasteiger charge is 2.22. The lowest BCUT2D eigenvalue weighted by molar-refractivity contribution is -0.115. The molecule has 158 valence electrons. The van der Waals surface area contributed by atoms with E-state index in [1.54, 1.807) is 11.8 Å². The minimum atomic E-state index is -0.230. The van der Waals surface area contributed by atoms with Crippen LogP contribution in [0.2, 0.25) is 0 Å². The lowest BCUT2D eigenvalue weighted by Gasteiger charge is -2.15. The fourth-order valence-corrected chi connectivity index (χ4v) is 4.89. The van der Waals surface area contributed by atoms with Crippen molar-refractivity contribution in [2.45, 2.75) is 55.2 Å². The van der Waals surface area contributed by atoms with E-state index in [2.05, 4.69) is 52.8 Å². The predicted molar refractivity (Wildman–Crippen MR) is 126 cm³/mol. The van der Waals surface area contributed by atoms with Gasteiger partial charge in [0.15, 0.2) is 5.16 Å². The summed E-state index contributed by atoms with van der Waals surface area (Å²) in [5, 5.41) is 12.3. The summed E-state index contributed by atoms with van der Waals surface area (Å²) in [4.78, 5) is 14.0. The first-order chi connectivity index (χ1) is 14.4. The van der Waals surface area contributed by atoms with Gasteiger partial charge in [-0.2, -0.15) is 0 Å². The molecule has 0 aliphatic rings. The molecule has 30 heavy (non-hydrogen) atoms. The maximum Gasteiger partial charge on any atom is 0.237 e. The zero-order chi connectivity index (χ0) is 21.7. The topological polar surface area (TPSA) is 59.8 Å². The van der Waals surface area contributed by atoms with Crippen molar-refractivity contribution in [2.75, 3.05) is 5.32 Å². The summed E-state index contributed by atoms with van der Waals surface area (Å²) in [6.07, 6.45) is 0.710. The molecule has 5 nitrogen and oxygen atoms in total. The number of amides is 1. The molecule has 1 unspecified atom stereocenters. The summed E-state index contributed by atoms with van der Waals surface area (Å²) in [7, 11) is 1.96. The second kappa shape index (κ2) is 10.2. The van der Waals surface area contributed by atoms with E-state index in [0.717, 1.165) is 33.5 Å². The number of rotatable bonds is 8. The molecule has 2 aromatic carbocycles. The minimum Gasteiger partial charge on any atom is -0.325 e. The fraction of sp³-hybridized carbons (Fsp3) is 0.348. The number of anilines is 1. The Balaban J connectivity index is 1.63. The van der Waals surface area contributed by atoms with Crippen molar-refractivity contribution in [1.82, 2.24) is 14.8 Å². The zero-order valence-corrected chi connectivity index (χ0v) is 19.7. The molecule has 0 aliphatic carbocycles. The molecule has 1 atom stereocenters. The van der Waals surface area contributed by atoms with Gasteiger partial charge < -0.3 is 9.88 Å². The van der Waals surface area contributed by atoms with E-state index in [9.17, 15) is 4.79 Å². The average molecular weight is 441 g/mol. The van der Waals surface area contributed by atoms with Gasteiger partial charge in [0.2, 0.25) is 5.91 Å². The number of carbonyl (C=O) groups is 1. The van der Waals surface area contributed by atoms with Crippen LogP contribution in [0.5, 0.6) is 0 Å². The van der Waals surface area contributed by atoms with Gasteiger partial charge in [-0.25, -0.2) is 0 Å². The summed E-state index contributed by atoms with van der Waals surface area (Å²) < 4.78 is 1.98. The predicted octanol–water partition coefficient (Wildman–Crippen LogP) is 5.54. The molecular formula is C23H28N4OS2. The standard InChI is InChI=1S/C23H28N4OS2/c1-6-20(22(28)24-18-12-16(3)11-17(4)13-18)30-23-26-25-21(27(23)5)14-29-19-9-7-15(2)8-10-19/h7-13,20H,6,14H2,1-5H3,(H,24,28). The quantitative estimate of drug-likeness (QED) is 0.466. The summed E-state index contributed by atoms with van der Waals surface area (Å²) in [6.45, 7) is 8.17. The smallest absolute Gasteiger partial charge is 0.237 e. The summed E-state index contributed by atoms with van der Waals surface area (Å²) in [6, 6.07) is 14.5. The number of aryl methyl sites for hydroxylation is 3. The summed E-state index contributed by atoms with van der Waals surface area (Å²) in [5.74, 6) is 1.62. The van der Waals surface area contributed by atoms with Gasteiger partial charge in [0.25, 0.3) is 0 Å². The van der Waals surface area contributed by atoms with E-state index >= 15 is 0 Å². The van der Waals surface area contributed by atoms with Crippen LogP contribution in [0.4, 0.5) is 5.69 Å². The number of hydrogen-bond donors (Lipinski definition) is 1.